The summed E-state index contributed by atoms with van der Waals surface area (Å²) < 4.78 is 27.4. The minimum absolute atomic E-state index is 0.328. The van der Waals surface area contributed by atoms with Crippen molar-refractivity contribution in [3.05, 3.63) is 45.9 Å². The number of aryl methyl sites for hydroxylation is 1. The molecule has 0 amide bonds. The molecule has 0 aliphatic carbocycles. The summed E-state index contributed by atoms with van der Waals surface area (Å²) in [6, 6.07) is 7.01. The minimum atomic E-state index is -3.49. The van der Waals surface area contributed by atoms with E-state index in [0.29, 0.717) is 24.4 Å². The van der Waals surface area contributed by atoms with Gasteiger partial charge in [-0.05, 0) is 25.6 Å². The van der Waals surface area contributed by atoms with E-state index in [-0.39, 0.29) is 0 Å². The Kier molecular flexibility index (Phi) is 5.46. The molecular weight excluding hydrogens is 306 g/mol. The van der Waals surface area contributed by atoms with Crippen molar-refractivity contribution < 1.29 is 8.42 Å². The van der Waals surface area contributed by atoms with Gasteiger partial charge in [0.05, 0.1) is 9.90 Å². The molecule has 0 saturated carbocycles. The normalized spacial score (nSPS) is 11.7. The Hall–Kier alpha value is -1.28. The molecule has 1 aromatic carbocycles. The first kappa shape index (κ1) is 16.1. The summed E-state index contributed by atoms with van der Waals surface area (Å²) in [7, 11) is -1.70. The van der Waals surface area contributed by atoms with Crippen molar-refractivity contribution in [2.24, 2.45) is 0 Å². The second kappa shape index (κ2) is 7.13. The summed E-state index contributed by atoms with van der Waals surface area (Å²) in [6.07, 6.45) is 0.603. The molecule has 2 rings (SSSR count). The molecule has 0 fully saturated rings. The Bertz CT molecular complexity index is 696. The first-order valence-electron chi connectivity index (χ1n) is 6.66. The summed E-state index contributed by atoms with van der Waals surface area (Å²) in [5.41, 5.74) is 1.73. The van der Waals surface area contributed by atoms with Crippen LogP contribution in [-0.2, 0) is 23.0 Å². The zero-order chi connectivity index (χ0) is 15.3. The highest BCUT2D eigenvalue weighted by atomic mass is 32.2. The van der Waals surface area contributed by atoms with Crippen molar-refractivity contribution in [3.8, 4) is 0 Å². The number of nitrogens with one attached hydrogen (secondary N) is 2. The standard InChI is InChI=1S/C14H19N3O2S2/c1-11-10-20-14(17-11)7-8-16-21(18,19)13-6-4-3-5-12(13)9-15-2/h3-6,10,15-16H,7-9H2,1-2H3. The molecule has 0 saturated heterocycles. The number of nitrogens with zero attached hydrogens (tertiary/aromatic N) is 1. The molecule has 21 heavy (non-hydrogen) atoms. The van der Waals surface area contributed by atoms with E-state index >= 15 is 0 Å². The van der Waals surface area contributed by atoms with Crippen molar-refractivity contribution in [1.29, 1.82) is 0 Å². The Morgan fingerprint density at radius 3 is 2.71 bits per heavy atom. The zero-order valence-electron chi connectivity index (χ0n) is 12.1. The van der Waals surface area contributed by atoms with Crippen LogP contribution in [0.25, 0.3) is 0 Å². The minimum Gasteiger partial charge on any atom is -0.316 e. The Labute approximate surface area is 129 Å². The Morgan fingerprint density at radius 1 is 1.29 bits per heavy atom. The third-order valence-corrected chi connectivity index (χ3v) is 5.51. The number of thiazole rings is 1. The number of rotatable bonds is 7. The van der Waals surface area contributed by atoms with Crippen LogP contribution in [0.5, 0.6) is 0 Å². The van der Waals surface area contributed by atoms with Crippen molar-refractivity contribution >= 4 is 21.4 Å². The number of benzene rings is 1. The number of aromatic nitrogens is 1. The lowest BCUT2D eigenvalue weighted by Gasteiger charge is -2.10. The Morgan fingerprint density at radius 2 is 2.05 bits per heavy atom. The van der Waals surface area contributed by atoms with Gasteiger partial charge in [-0.25, -0.2) is 18.1 Å². The molecule has 7 heteroatoms. The van der Waals surface area contributed by atoms with Crippen LogP contribution in [0.4, 0.5) is 0 Å². The average Bonchev–Trinajstić information content (AvgIpc) is 2.85. The predicted molar refractivity (Wildman–Crippen MR) is 84.9 cm³/mol. The molecule has 0 aliphatic heterocycles. The lowest BCUT2D eigenvalue weighted by Crippen LogP contribution is -2.27. The van der Waals surface area contributed by atoms with Crippen molar-refractivity contribution in [1.82, 2.24) is 15.0 Å². The van der Waals surface area contributed by atoms with E-state index in [1.165, 1.54) is 0 Å². The van der Waals surface area contributed by atoms with Crippen LogP contribution < -0.4 is 10.0 Å². The van der Waals surface area contributed by atoms with E-state index in [2.05, 4.69) is 15.0 Å². The average molecular weight is 325 g/mol. The predicted octanol–water partition coefficient (Wildman–Crippen LogP) is 1.69. The van der Waals surface area contributed by atoms with Crippen LogP contribution in [0, 0.1) is 6.92 Å². The Balaban J connectivity index is 2.04. The highest BCUT2D eigenvalue weighted by molar-refractivity contribution is 7.89. The fourth-order valence-electron chi connectivity index (χ4n) is 1.99. The first-order chi connectivity index (χ1) is 10.0. The van der Waals surface area contributed by atoms with E-state index in [0.717, 1.165) is 16.3 Å². The van der Waals surface area contributed by atoms with Gasteiger partial charge in [-0.3, -0.25) is 0 Å². The highest BCUT2D eigenvalue weighted by Gasteiger charge is 2.17. The van der Waals surface area contributed by atoms with Crippen LogP contribution in [-0.4, -0.2) is 27.0 Å². The lowest BCUT2D eigenvalue weighted by molar-refractivity contribution is 0.579. The molecule has 0 aliphatic rings. The smallest absolute Gasteiger partial charge is 0.240 e. The molecule has 1 heterocycles. The quantitative estimate of drug-likeness (QED) is 0.813. The van der Waals surface area contributed by atoms with Gasteiger partial charge in [0.1, 0.15) is 0 Å². The fourth-order valence-corrected chi connectivity index (χ4v) is 4.04. The SMILES string of the molecule is CNCc1ccccc1S(=O)(=O)NCCc1nc(C)cs1. The van der Waals surface area contributed by atoms with Crippen LogP contribution in [0.2, 0.25) is 0 Å². The second-order valence-electron chi connectivity index (χ2n) is 4.67. The summed E-state index contributed by atoms with van der Waals surface area (Å²) in [6.45, 7) is 2.80. The van der Waals surface area contributed by atoms with E-state index < -0.39 is 10.0 Å². The molecule has 2 aromatic rings. The van der Waals surface area contributed by atoms with Gasteiger partial charge in [0, 0.05) is 30.6 Å². The number of hydrogen-bond donors (Lipinski definition) is 2. The molecule has 1 aromatic heterocycles. The molecule has 0 unspecified atom stereocenters. The van der Waals surface area contributed by atoms with Crippen LogP contribution in [0.15, 0.2) is 34.5 Å². The molecule has 0 spiro atoms. The van der Waals surface area contributed by atoms with Crippen molar-refractivity contribution in [3.63, 3.8) is 0 Å². The molecule has 0 atom stereocenters. The summed E-state index contributed by atoms with van der Waals surface area (Å²) >= 11 is 1.55. The summed E-state index contributed by atoms with van der Waals surface area (Å²) in [5, 5.41) is 5.89. The lowest BCUT2D eigenvalue weighted by atomic mass is 10.2. The van der Waals surface area contributed by atoms with Gasteiger partial charge in [0.25, 0.3) is 0 Å². The number of hydrogen-bond acceptors (Lipinski definition) is 5. The highest BCUT2D eigenvalue weighted by Crippen LogP contribution is 2.15. The molecule has 114 valence electrons. The maximum absolute atomic E-state index is 12.4. The topological polar surface area (TPSA) is 71.1 Å². The zero-order valence-corrected chi connectivity index (χ0v) is 13.7. The molecule has 2 N–H and O–H groups in total. The van der Waals surface area contributed by atoms with Gasteiger partial charge in [-0.1, -0.05) is 18.2 Å². The van der Waals surface area contributed by atoms with Crippen LogP contribution in [0.1, 0.15) is 16.3 Å². The largest absolute Gasteiger partial charge is 0.316 e. The fraction of sp³-hybridized carbons (Fsp3) is 0.357. The van der Waals surface area contributed by atoms with Gasteiger partial charge in [-0.15, -0.1) is 11.3 Å². The summed E-state index contributed by atoms with van der Waals surface area (Å²) in [4.78, 5) is 4.65. The summed E-state index contributed by atoms with van der Waals surface area (Å²) in [5.74, 6) is 0. The van der Waals surface area contributed by atoms with E-state index in [1.807, 2.05) is 24.4 Å². The second-order valence-corrected chi connectivity index (χ2v) is 7.35. The monoisotopic (exact) mass is 325 g/mol. The third-order valence-electron chi connectivity index (χ3n) is 2.93. The molecule has 5 nitrogen and oxygen atoms in total. The molecule has 0 bridgehead atoms. The van der Waals surface area contributed by atoms with Crippen molar-refractivity contribution in [2.45, 2.75) is 24.8 Å². The maximum Gasteiger partial charge on any atom is 0.240 e. The molecular formula is C14H19N3O2S2. The first-order valence-corrected chi connectivity index (χ1v) is 9.02. The van der Waals surface area contributed by atoms with E-state index in [9.17, 15) is 8.42 Å². The van der Waals surface area contributed by atoms with Gasteiger partial charge >= 0.3 is 0 Å². The molecule has 0 radical (unpaired) electrons. The van der Waals surface area contributed by atoms with Gasteiger partial charge < -0.3 is 5.32 Å². The maximum atomic E-state index is 12.4. The van der Waals surface area contributed by atoms with E-state index in [1.54, 1.807) is 30.5 Å². The van der Waals surface area contributed by atoms with Gasteiger partial charge in [-0.2, -0.15) is 0 Å². The van der Waals surface area contributed by atoms with E-state index in [4.69, 9.17) is 0 Å². The van der Waals surface area contributed by atoms with Gasteiger partial charge in [0.15, 0.2) is 0 Å². The van der Waals surface area contributed by atoms with Gasteiger partial charge in [0.2, 0.25) is 10.0 Å². The van der Waals surface area contributed by atoms with Crippen LogP contribution in [0.3, 0.4) is 0 Å². The van der Waals surface area contributed by atoms with Crippen LogP contribution >= 0.6 is 11.3 Å². The third kappa shape index (κ3) is 4.34. The van der Waals surface area contributed by atoms with Crippen molar-refractivity contribution in [2.75, 3.05) is 13.6 Å². The number of sulfonamides is 1.